The fourth-order valence-corrected chi connectivity index (χ4v) is 3.84. The Bertz CT molecular complexity index is 756. The van der Waals surface area contributed by atoms with E-state index in [0.29, 0.717) is 24.9 Å². The highest BCUT2D eigenvalue weighted by Gasteiger charge is 2.34. The Hall–Kier alpha value is -2.29. The zero-order valence-electron chi connectivity index (χ0n) is 16.2. The third-order valence-electron chi connectivity index (χ3n) is 5.43. The van der Waals surface area contributed by atoms with Crippen LogP contribution in [0, 0.1) is 0 Å². The average Bonchev–Trinajstić information content (AvgIpc) is 3.20. The Morgan fingerprint density at radius 3 is 2.44 bits per heavy atom. The molecule has 9 nitrogen and oxygen atoms in total. The van der Waals surface area contributed by atoms with Crippen LogP contribution >= 0.6 is 0 Å². The lowest BCUT2D eigenvalue weighted by Crippen LogP contribution is -2.38. The van der Waals surface area contributed by atoms with Gasteiger partial charge in [0.2, 0.25) is 5.91 Å². The van der Waals surface area contributed by atoms with E-state index in [9.17, 15) is 4.79 Å². The Morgan fingerprint density at radius 1 is 1.11 bits per heavy atom. The highest BCUT2D eigenvalue weighted by molar-refractivity contribution is 5.76. The maximum atomic E-state index is 12.5. The van der Waals surface area contributed by atoms with Crippen LogP contribution in [-0.2, 0) is 17.9 Å². The number of nitrogens with zero attached hydrogens (tertiary/aromatic N) is 8. The molecule has 146 valence electrons. The molecule has 0 radical (unpaired) electrons. The summed E-state index contributed by atoms with van der Waals surface area (Å²) in [7, 11) is 4.13. The lowest BCUT2D eigenvalue weighted by atomic mass is 9.95. The quantitative estimate of drug-likeness (QED) is 0.723. The minimum atomic E-state index is 0.208. The molecule has 27 heavy (non-hydrogen) atoms. The normalized spacial score (nSPS) is 18.4. The number of piperidine rings is 1. The van der Waals surface area contributed by atoms with Crippen LogP contribution in [-0.4, -0.2) is 72.4 Å². The number of likely N-dealkylation sites (tertiary alicyclic amines) is 1. The van der Waals surface area contributed by atoms with E-state index in [1.165, 1.54) is 12.8 Å². The third-order valence-corrected chi connectivity index (χ3v) is 5.43. The predicted molar refractivity (Wildman–Crippen MR) is 98.9 cm³/mol. The molecule has 1 saturated carbocycles. The Balaban J connectivity index is 1.35. The molecule has 2 aromatic heterocycles. The highest BCUT2D eigenvalue weighted by Crippen LogP contribution is 2.40. The van der Waals surface area contributed by atoms with Crippen LogP contribution in [0.4, 0.5) is 0 Å². The molecule has 1 aliphatic heterocycles. The van der Waals surface area contributed by atoms with E-state index < -0.39 is 0 Å². The molecule has 0 N–H and O–H groups in total. The molecule has 2 aromatic rings. The van der Waals surface area contributed by atoms with Crippen molar-refractivity contribution in [1.82, 2.24) is 39.3 Å². The molecule has 0 aromatic carbocycles. The van der Waals surface area contributed by atoms with Gasteiger partial charge in [0.05, 0.1) is 6.54 Å². The van der Waals surface area contributed by atoms with Gasteiger partial charge in [0.25, 0.3) is 0 Å². The number of carbonyl (C=O) groups excluding carboxylic acids is 1. The lowest BCUT2D eigenvalue weighted by Gasteiger charge is -2.32. The maximum absolute atomic E-state index is 12.5. The minimum absolute atomic E-state index is 0.208. The van der Waals surface area contributed by atoms with E-state index in [-0.39, 0.29) is 5.91 Å². The van der Waals surface area contributed by atoms with E-state index in [4.69, 9.17) is 0 Å². The largest absolute Gasteiger partial charge is 0.343 e. The summed E-state index contributed by atoms with van der Waals surface area (Å²) >= 11 is 0. The summed E-state index contributed by atoms with van der Waals surface area (Å²) < 4.78 is 4.23. The van der Waals surface area contributed by atoms with Gasteiger partial charge in [-0.2, -0.15) is 0 Å². The van der Waals surface area contributed by atoms with Crippen LogP contribution in [0.15, 0.2) is 12.7 Å². The average molecular weight is 372 g/mol. The van der Waals surface area contributed by atoms with Crippen LogP contribution in [0.3, 0.4) is 0 Å². The van der Waals surface area contributed by atoms with E-state index in [0.717, 1.165) is 44.1 Å². The molecular formula is C18H28N8O. The summed E-state index contributed by atoms with van der Waals surface area (Å²) in [4.78, 5) is 16.6. The van der Waals surface area contributed by atoms with Crippen molar-refractivity contribution in [3.05, 3.63) is 24.3 Å². The van der Waals surface area contributed by atoms with Gasteiger partial charge in [0, 0.05) is 38.0 Å². The van der Waals surface area contributed by atoms with Crippen molar-refractivity contribution in [1.29, 1.82) is 0 Å². The smallest absolute Gasteiger partial charge is 0.224 e. The molecule has 0 atom stereocenters. The Kier molecular flexibility index (Phi) is 5.20. The van der Waals surface area contributed by atoms with Crippen molar-refractivity contribution in [2.45, 2.75) is 57.2 Å². The number of aromatic nitrogens is 6. The van der Waals surface area contributed by atoms with Gasteiger partial charge < -0.3 is 18.9 Å². The van der Waals surface area contributed by atoms with E-state index in [2.05, 4.69) is 44.0 Å². The zero-order chi connectivity index (χ0) is 18.8. The van der Waals surface area contributed by atoms with Crippen molar-refractivity contribution in [2.24, 2.45) is 0 Å². The number of rotatable bonds is 7. The summed E-state index contributed by atoms with van der Waals surface area (Å²) in [6.07, 6.45) is 8.17. The number of carbonyl (C=O) groups is 1. The van der Waals surface area contributed by atoms with Crippen LogP contribution in [0.5, 0.6) is 0 Å². The summed E-state index contributed by atoms with van der Waals surface area (Å²) in [6.45, 7) is 3.05. The third kappa shape index (κ3) is 4.18. The summed E-state index contributed by atoms with van der Waals surface area (Å²) in [5, 5.41) is 16.6. The Labute approximate surface area is 159 Å². The standard InChI is InChI=1S/C18H28N8O/c1-23(2)11-16-21-22-18(26(16)15-3-4-15)14-5-9-25(10-6-14)17(27)7-8-24-12-19-20-13-24/h12-15H,3-11H2,1-2H3. The van der Waals surface area contributed by atoms with Crippen LogP contribution in [0.25, 0.3) is 0 Å². The van der Waals surface area contributed by atoms with Gasteiger partial charge >= 0.3 is 0 Å². The van der Waals surface area contributed by atoms with E-state index >= 15 is 0 Å². The molecule has 2 aliphatic rings. The van der Waals surface area contributed by atoms with Crippen molar-refractivity contribution in [3.63, 3.8) is 0 Å². The topological polar surface area (TPSA) is 85.0 Å². The number of amides is 1. The molecule has 1 aliphatic carbocycles. The molecule has 1 amide bonds. The zero-order valence-corrected chi connectivity index (χ0v) is 16.2. The van der Waals surface area contributed by atoms with Crippen LogP contribution in [0.1, 0.15) is 55.7 Å². The Morgan fingerprint density at radius 2 is 1.81 bits per heavy atom. The second kappa shape index (κ2) is 7.75. The molecular weight excluding hydrogens is 344 g/mol. The predicted octanol–water partition coefficient (Wildman–Crippen LogP) is 1.06. The molecule has 1 saturated heterocycles. The van der Waals surface area contributed by atoms with Gasteiger partial charge in [0.15, 0.2) is 0 Å². The molecule has 0 unspecified atom stereocenters. The van der Waals surface area contributed by atoms with Gasteiger partial charge in [-0.25, -0.2) is 0 Å². The lowest BCUT2D eigenvalue weighted by molar-refractivity contribution is -0.132. The molecule has 9 heteroatoms. The first-order valence-electron chi connectivity index (χ1n) is 9.80. The van der Waals surface area contributed by atoms with Gasteiger partial charge in [0.1, 0.15) is 24.3 Å². The number of hydrogen-bond acceptors (Lipinski definition) is 6. The van der Waals surface area contributed by atoms with Crippen LogP contribution in [0.2, 0.25) is 0 Å². The maximum Gasteiger partial charge on any atom is 0.224 e. The molecule has 3 heterocycles. The summed E-state index contributed by atoms with van der Waals surface area (Å²) in [5.41, 5.74) is 0. The van der Waals surface area contributed by atoms with Crippen LogP contribution < -0.4 is 0 Å². The van der Waals surface area contributed by atoms with E-state index in [1.54, 1.807) is 12.7 Å². The molecule has 0 bridgehead atoms. The second-order valence-electron chi connectivity index (χ2n) is 7.92. The van der Waals surface area contributed by atoms with Crippen molar-refractivity contribution >= 4 is 5.91 Å². The summed E-state index contributed by atoms with van der Waals surface area (Å²) in [5.74, 6) is 2.81. The van der Waals surface area contributed by atoms with Gasteiger partial charge in [-0.15, -0.1) is 20.4 Å². The fraction of sp³-hybridized carbons (Fsp3) is 0.722. The first-order valence-corrected chi connectivity index (χ1v) is 9.80. The van der Waals surface area contributed by atoms with Gasteiger partial charge in [-0.05, 0) is 39.8 Å². The molecule has 4 rings (SSSR count). The van der Waals surface area contributed by atoms with Gasteiger partial charge in [-0.3, -0.25) is 4.79 Å². The second-order valence-corrected chi connectivity index (χ2v) is 7.92. The summed E-state index contributed by atoms with van der Waals surface area (Å²) in [6, 6.07) is 0.577. The highest BCUT2D eigenvalue weighted by atomic mass is 16.2. The monoisotopic (exact) mass is 372 g/mol. The number of hydrogen-bond donors (Lipinski definition) is 0. The fourth-order valence-electron chi connectivity index (χ4n) is 3.84. The minimum Gasteiger partial charge on any atom is -0.343 e. The van der Waals surface area contributed by atoms with Crippen molar-refractivity contribution in [3.8, 4) is 0 Å². The van der Waals surface area contributed by atoms with Crippen molar-refractivity contribution < 1.29 is 4.79 Å². The van der Waals surface area contributed by atoms with Crippen molar-refractivity contribution in [2.75, 3.05) is 27.2 Å². The van der Waals surface area contributed by atoms with E-state index in [1.807, 2.05) is 9.47 Å². The molecule has 2 fully saturated rings. The van der Waals surface area contributed by atoms with Gasteiger partial charge in [-0.1, -0.05) is 0 Å². The first kappa shape index (κ1) is 18.1. The molecule has 0 spiro atoms. The SMILES string of the molecule is CN(C)Cc1nnc(C2CCN(C(=O)CCn3cnnc3)CC2)n1C1CC1. The first-order chi connectivity index (χ1) is 13.1. The number of aryl methyl sites for hydroxylation is 1.